The Kier molecular flexibility index (Phi) is 3.66. The van der Waals surface area contributed by atoms with Gasteiger partial charge in [-0.05, 0) is 11.6 Å². The van der Waals surface area contributed by atoms with Gasteiger partial charge in [0.05, 0.1) is 0 Å². The minimum absolute atomic E-state index is 0.173. The van der Waals surface area contributed by atoms with Gasteiger partial charge in [-0.1, -0.05) is 30.3 Å². The van der Waals surface area contributed by atoms with Crippen LogP contribution in [-0.4, -0.2) is 5.78 Å². The average Bonchev–Trinajstić information content (AvgIpc) is 2.30. The van der Waals surface area contributed by atoms with Gasteiger partial charge in [-0.2, -0.15) is 4.57 Å². The summed E-state index contributed by atoms with van der Waals surface area (Å²) in [6.07, 6.45) is 4.86. The molecule has 86 valence electrons. The number of ketones is 1. The van der Waals surface area contributed by atoms with E-state index in [9.17, 15) is 4.79 Å². The molecule has 0 spiro atoms. The van der Waals surface area contributed by atoms with Crippen molar-refractivity contribution in [3.05, 3.63) is 66.0 Å². The molecular formula is C15H16NO+. The largest absolute Gasteiger partial charge is 0.293 e. The third-order valence-corrected chi connectivity index (χ3v) is 2.58. The van der Waals surface area contributed by atoms with E-state index >= 15 is 0 Å². The molecule has 2 rings (SSSR count). The number of rotatable bonds is 4. The second-order valence-electron chi connectivity index (χ2n) is 4.25. The molecule has 1 aromatic carbocycles. The second kappa shape index (κ2) is 5.39. The Morgan fingerprint density at radius 3 is 2.47 bits per heavy atom. The maximum atomic E-state index is 11.1. The summed E-state index contributed by atoms with van der Waals surface area (Å²) in [5, 5.41) is 0. The van der Waals surface area contributed by atoms with Crippen molar-refractivity contribution in [2.24, 2.45) is 0 Å². The molecule has 0 saturated heterocycles. The number of Topliss-reactive ketones (excluding diaryl/α,β-unsaturated/α-hetero) is 1. The normalized spacial score (nSPS) is 10.2. The molecule has 0 radical (unpaired) electrons. The van der Waals surface area contributed by atoms with Gasteiger partial charge in [-0.25, -0.2) is 0 Å². The molecule has 2 nitrogen and oxygen atoms in total. The summed E-state index contributed by atoms with van der Waals surface area (Å²) in [4.78, 5) is 11.1. The van der Waals surface area contributed by atoms with Crippen molar-refractivity contribution in [3.8, 4) is 0 Å². The van der Waals surface area contributed by atoms with Crippen molar-refractivity contribution < 1.29 is 9.36 Å². The predicted molar refractivity (Wildman–Crippen MR) is 66.6 cm³/mol. The summed E-state index contributed by atoms with van der Waals surface area (Å²) < 4.78 is 1.93. The molecule has 0 aliphatic carbocycles. The number of hydrogen-bond donors (Lipinski definition) is 0. The Bertz CT molecular complexity index is 505. The van der Waals surface area contributed by atoms with E-state index in [1.54, 1.807) is 6.92 Å². The molecular weight excluding hydrogens is 210 g/mol. The van der Waals surface area contributed by atoms with E-state index in [4.69, 9.17) is 0 Å². The maximum absolute atomic E-state index is 11.1. The maximum Gasteiger partial charge on any atom is 0.206 e. The van der Waals surface area contributed by atoms with Gasteiger partial charge in [-0.15, -0.1) is 0 Å². The lowest BCUT2D eigenvalue weighted by Gasteiger charge is -2.00. The summed E-state index contributed by atoms with van der Waals surface area (Å²) in [6.45, 7) is 2.06. The molecule has 2 aromatic rings. The van der Waals surface area contributed by atoms with Crippen molar-refractivity contribution in [2.45, 2.75) is 19.9 Å². The molecule has 1 aromatic heterocycles. The summed E-state index contributed by atoms with van der Waals surface area (Å²) in [7, 11) is 0. The van der Waals surface area contributed by atoms with E-state index in [0.29, 0.717) is 6.54 Å². The van der Waals surface area contributed by atoms with Gasteiger partial charge in [-0.3, -0.25) is 4.79 Å². The van der Waals surface area contributed by atoms with Crippen LogP contribution in [0.4, 0.5) is 0 Å². The molecule has 0 aliphatic rings. The first-order chi connectivity index (χ1) is 8.24. The van der Waals surface area contributed by atoms with Crippen LogP contribution in [0.3, 0.4) is 0 Å². The van der Waals surface area contributed by atoms with E-state index in [0.717, 1.165) is 6.42 Å². The van der Waals surface area contributed by atoms with Crippen LogP contribution in [0.2, 0.25) is 0 Å². The monoisotopic (exact) mass is 226 g/mol. The lowest BCUT2D eigenvalue weighted by molar-refractivity contribution is -0.684. The second-order valence-corrected chi connectivity index (χ2v) is 4.25. The Morgan fingerprint density at radius 2 is 1.76 bits per heavy atom. The number of carbonyl (C=O) groups is 1. The number of carbonyl (C=O) groups excluding carboxylic acids is 1. The van der Waals surface area contributed by atoms with Crippen LogP contribution in [0.5, 0.6) is 0 Å². The summed E-state index contributed by atoms with van der Waals surface area (Å²) >= 11 is 0. The SMILES string of the molecule is CC(=O)C[n+]1cccc(Cc2ccccc2)c1. The van der Waals surface area contributed by atoms with E-state index in [1.165, 1.54) is 11.1 Å². The fraction of sp³-hybridized carbons (Fsp3) is 0.200. The van der Waals surface area contributed by atoms with Crippen LogP contribution in [0.25, 0.3) is 0 Å². The van der Waals surface area contributed by atoms with E-state index in [2.05, 4.69) is 18.2 Å². The van der Waals surface area contributed by atoms with E-state index in [1.807, 2.05) is 41.2 Å². The minimum atomic E-state index is 0.173. The number of aromatic nitrogens is 1. The van der Waals surface area contributed by atoms with Gasteiger partial charge >= 0.3 is 0 Å². The van der Waals surface area contributed by atoms with E-state index < -0.39 is 0 Å². The first-order valence-electron chi connectivity index (χ1n) is 5.75. The molecule has 2 heteroatoms. The van der Waals surface area contributed by atoms with Gasteiger partial charge in [0, 0.05) is 25.0 Å². The third kappa shape index (κ3) is 3.52. The topological polar surface area (TPSA) is 20.9 Å². The molecule has 1 heterocycles. The third-order valence-electron chi connectivity index (χ3n) is 2.58. The zero-order valence-corrected chi connectivity index (χ0v) is 9.97. The van der Waals surface area contributed by atoms with Gasteiger partial charge in [0.25, 0.3) is 0 Å². The first-order valence-corrected chi connectivity index (χ1v) is 5.75. The summed E-state index contributed by atoms with van der Waals surface area (Å²) in [5.41, 5.74) is 2.51. The van der Waals surface area contributed by atoms with Crippen molar-refractivity contribution in [1.82, 2.24) is 0 Å². The van der Waals surface area contributed by atoms with Crippen molar-refractivity contribution in [2.75, 3.05) is 0 Å². The van der Waals surface area contributed by atoms with E-state index in [-0.39, 0.29) is 5.78 Å². The molecule has 0 aliphatic heterocycles. The number of benzene rings is 1. The molecule has 0 saturated carbocycles. The van der Waals surface area contributed by atoms with Crippen LogP contribution in [0, 0.1) is 0 Å². The van der Waals surface area contributed by atoms with Gasteiger partial charge in [0.2, 0.25) is 6.54 Å². The molecule has 0 amide bonds. The predicted octanol–water partition coefficient (Wildman–Crippen LogP) is 2.15. The van der Waals surface area contributed by atoms with Crippen molar-refractivity contribution in [1.29, 1.82) is 0 Å². The summed E-state index contributed by atoms with van der Waals surface area (Å²) in [5.74, 6) is 0.173. The smallest absolute Gasteiger partial charge is 0.206 e. The van der Waals surface area contributed by atoms with Crippen molar-refractivity contribution >= 4 is 5.78 Å². The highest BCUT2D eigenvalue weighted by atomic mass is 16.1. The lowest BCUT2D eigenvalue weighted by Crippen LogP contribution is -2.36. The van der Waals surface area contributed by atoms with Crippen molar-refractivity contribution in [3.63, 3.8) is 0 Å². The number of pyridine rings is 1. The van der Waals surface area contributed by atoms with Crippen LogP contribution in [-0.2, 0) is 17.8 Å². The standard InChI is InChI=1S/C15H16NO/c1-13(17)11-16-9-5-8-15(12-16)10-14-6-3-2-4-7-14/h2-9,12H,10-11H2,1H3/q+1. The number of hydrogen-bond acceptors (Lipinski definition) is 1. The lowest BCUT2D eigenvalue weighted by atomic mass is 10.1. The molecule has 17 heavy (non-hydrogen) atoms. The van der Waals surface area contributed by atoms with Crippen LogP contribution < -0.4 is 4.57 Å². The van der Waals surface area contributed by atoms with Gasteiger partial charge in [0.15, 0.2) is 18.2 Å². The van der Waals surface area contributed by atoms with Gasteiger partial charge in [0.1, 0.15) is 0 Å². The quantitative estimate of drug-likeness (QED) is 0.732. The minimum Gasteiger partial charge on any atom is -0.293 e. The highest BCUT2D eigenvalue weighted by Gasteiger charge is 2.05. The Morgan fingerprint density at radius 1 is 1.06 bits per heavy atom. The van der Waals surface area contributed by atoms with Crippen LogP contribution in [0.1, 0.15) is 18.1 Å². The summed E-state index contributed by atoms with van der Waals surface area (Å²) in [6, 6.07) is 14.4. The molecule has 0 fully saturated rings. The van der Waals surface area contributed by atoms with Crippen LogP contribution >= 0.6 is 0 Å². The Hall–Kier alpha value is -1.96. The zero-order chi connectivity index (χ0) is 12.1. The molecule has 0 unspecified atom stereocenters. The highest BCUT2D eigenvalue weighted by Crippen LogP contribution is 2.06. The molecule has 0 N–H and O–H groups in total. The fourth-order valence-corrected chi connectivity index (χ4v) is 1.87. The first kappa shape index (κ1) is 11.5. The fourth-order valence-electron chi connectivity index (χ4n) is 1.87. The average molecular weight is 226 g/mol. The Labute approximate surface area is 102 Å². The molecule has 0 atom stereocenters. The number of nitrogens with zero attached hydrogens (tertiary/aromatic N) is 1. The Balaban J connectivity index is 2.14. The van der Waals surface area contributed by atoms with Crippen LogP contribution in [0.15, 0.2) is 54.9 Å². The highest BCUT2D eigenvalue weighted by molar-refractivity contribution is 5.73. The zero-order valence-electron chi connectivity index (χ0n) is 9.97. The van der Waals surface area contributed by atoms with Gasteiger partial charge < -0.3 is 0 Å². The molecule has 0 bridgehead atoms.